The van der Waals surface area contributed by atoms with Gasteiger partial charge in [0.1, 0.15) is 0 Å². The van der Waals surface area contributed by atoms with Crippen LogP contribution in [0.3, 0.4) is 0 Å². The Kier molecular flexibility index (Phi) is 3.74. The third-order valence-corrected chi connectivity index (χ3v) is 5.38. The van der Waals surface area contributed by atoms with Gasteiger partial charge >= 0.3 is 0 Å². The monoisotopic (exact) mass is 381 g/mol. The summed E-state index contributed by atoms with van der Waals surface area (Å²) in [6, 6.07) is 11.7. The molecule has 0 saturated heterocycles. The van der Waals surface area contributed by atoms with Gasteiger partial charge in [-0.2, -0.15) is 0 Å². The molecule has 0 bridgehead atoms. The van der Waals surface area contributed by atoms with Gasteiger partial charge in [0, 0.05) is 18.7 Å². The zero-order valence-corrected chi connectivity index (χ0v) is 15.4. The zero-order chi connectivity index (χ0) is 19.3. The number of carbonyl (C=O) groups excluding carboxylic acids is 2. The van der Waals surface area contributed by atoms with Crippen LogP contribution < -0.4 is 4.90 Å². The second kappa shape index (κ2) is 5.88. The Hall–Kier alpha value is -3.26. The highest BCUT2D eigenvalue weighted by atomic mass is 32.2. The Balaban J connectivity index is 1.84. The van der Waals surface area contributed by atoms with Crippen molar-refractivity contribution in [1.29, 1.82) is 0 Å². The molecule has 3 aromatic rings. The van der Waals surface area contributed by atoms with Crippen LogP contribution in [0, 0.1) is 0 Å². The first kappa shape index (κ1) is 17.2. The van der Waals surface area contributed by atoms with Crippen LogP contribution in [0.1, 0.15) is 23.0 Å². The molecule has 1 aliphatic heterocycles. The Morgan fingerprint density at radius 1 is 1.11 bits per heavy atom. The molecule has 0 N–H and O–H groups in total. The molecule has 1 amide bonds. The van der Waals surface area contributed by atoms with Gasteiger partial charge in [0.25, 0.3) is 0 Å². The van der Waals surface area contributed by atoms with E-state index in [1.165, 1.54) is 18.0 Å². The minimum Gasteiger partial charge on any atom is -0.287 e. The number of aromatic nitrogens is 2. The van der Waals surface area contributed by atoms with Crippen molar-refractivity contribution in [3.8, 4) is 0 Å². The summed E-state index contributed by atoms with van der Waals surface area (Å²) in [6.45, 7) is 1.39. The van der Waals surface area contributed by atoms with Crippen LogP contribution in [0.4, 0.5) is 5.69 Å². The van der Waals surface area contributed by atoms with Gasteiger partial charge in [-0.05, 0) is 36.4 Å². The van der Waals surface area contributed by atoms with Crippen LogP contribution in [0.2, 0.25) is 0 Å². The topological polar surface area (TPSA) is 89.3 Å². The van der Waals surface area contributed by atoms with Gasteiger partial charge in [0.15, 0.2) is 0 Å². The largest absolute Gasteiger partial charge is 0.287 e. The van der Waals surface area contributed by atoms with Gasteiger partial charge in [-0.25, -0.2) is 17.4 Å². The van der Waals surface area contributed by atoms with E-state index in [9.17, 15) is 18.0 Å². The van der Waals surface area contributed by atoms with Crippen molar-refractivity contribution in [2.24, 2.45) is 0 Å². The minimum absolute atomic E-state index is 0.220. The highest BCUT2D eigenvalue weighted by Crippen LogP contribution is 2.35. The van der Waals surface area contributed by atoms with Gasteiger partial charge < -0.3 is 0 Å². The number of amides is 1. The third kappa shape index (κ3) is 2.74. The molecule has 7 nitrogen and oxygen atoms in total. The van der Waals surface area contributed by atoms with E-state index in [4.69, 9.17) is 0 Å². The van der Waals surface area contributed by atoms with Crippen LogP contribution in [-0.2, 0) is 14.8 Å². The summed E-state index contributed by atoms with van der Waals surface area (Å²) in [5.41, 5.74) is 2.61. The number of anilines is 1. The number of pyridine rings is 1. The molecular weight excluding hydrogens is 366 g/mol. The summed E-state index contributed by atoms with van der Waals surface area (Å²) in [5, 5.41) is 0. The van der Waals surface area contributed by atoms with E-state index in [1.807, 2.05) is 0 Å². The third-order valence-electron chi connectivity index (χ3n) is 4.35. The summed E-state index contributed by atoms with van der Waals surface area (Å²) in [6.07, 6.45) is 4.09. The molecule has 136 valence electrons. The zero-order valence-electron chi connectivity index (χ0n) is 14.6. The van der Waals surface area contributed by atoms with Crippen molar-refractivity contribution >= 4 is 44.5 Å². The second-order valence-electron chi connectivity index (χ2n) is 6.25. The number of Topliss-reactive ketones (excluding diaryl/α,β-unsaturated/α-hetero) is 1. The number of fused-ring (bicyclic) bond motifs is 2. The number of carbonyl (C=O) groups is 2. The fourth-order valence-electron chi connectivity index (χ4n) is 3.22. The van der Waals surface area contributed by atoms with E-state index in [0.29, 0.717) is 28.0 Å². The summed E-state index contributed by atoms with van der Waals surface area (Å²) in [7, 11) is -3.43. The SMILES string of the molecule is CC(=O)N1/C(=C\c2ccc3c(ccn3S(C)(=O)=O)n2)C(=O)c2ccccc21. The lowest BCUT2D eigenvalue weighted by Gasteiger charge is -2.15. The van der Waals surface area contributed by atoms with Crippen molar-refractivity contribution < 1.29 is 18.0 Å². The Morgan fingerprint density at radius 2 is 1.85 bits per heavy atom. The number of ketones is 1. The smallest absolute Gasteiger partial charge is 0.236 e. The predicted molar refractivity (Wildman–Crippen MR) is 102 cm³/mol. The number of allylic oxidation sites excluding steroid dienone is 1. The van der Waals surface area contributed by atoms with E-state index in [2.05, 4.69) is 4.98 Å². The molecule has 0 fully saturated rings. The molecule has 3 heterocycles. The molecule has 0 radical (unpaired) electrons. The Morgan fingerprint density at radius 3 is 2.56 bits per heavy atom. The van der Waals surface area contributed by atoms with Gasteiger partial charge in [-0.3, -0.25) is 14.5 Å². The highest BCUT2D eigenvalue weighted by Gasteiger charge is 2.34. The van der Waals surface area contributed by atoms with E-state index < -0.39 is 10.0 Å². The standard InChI is InChI=1S/C19H15N3O4S/c1-12(23)22-16-6-4-3-5-14(16)19(24)18(22)11-13-7-8-17-15(20-13)9-10-21(17)27(2,25)26/h3-11H,1-2H3/b18-11-. The number of benzene rings is 1. The Labute approximate surface area is 155 Å². The summed E-state index contributed by atoms with van der Waals surface area (Å²) >= 11 is 0. The minimum atomic E-state index is -3.43. The maximum atomic E-state index is 12.7. The van der Waals surface area contributed by atoms with E-state index in [0.717, 1.165) is 10.2 Å². The maximum Gasteiger partial charge on any atom is 0.236 e. The summed E-state index contributed by atoms with van der Waals surface area (Å²) in [5.74, 6) is -0.528. The van der Waals surface area contributed by atoms with E-state index in [-0.39, 0.29) is 17.4 Å². The van der Waals surface area contributed by atoms with Crippen LogP contribution >= 0.6 is 0 Å². The molecule has 0 aliphatic carbocycles. The van der Waals surface area contributed by atoms with Crippen LogP contribution in [-0.4, -0.2) is 35.3 Å². The first-order valence-electron chi connectivity index (χ1n) is 8.12. The molecule has 2 aromatic heterocycles. The van der Waals surface area contributed by atoms with Gasteiger partial charge in [0.05, 0.1) is 34.4 Å². The second-order valence-corrected chi connectivity index (χ2v) is 8.10. The fraction of sp³-hybridized carbons (Fsp3) is 0.105. The number of hydrogen-bond donors (Lipinski definition) is 0. The number of para-hydroxylation sites is 1. The molecule has 4 rings (SSSR count). The Bertz CT molecular complexity index is 1250. The van der Waals surface area contributed by atoms with E-state index in [1.54, 1.807) is 48.5 Å². The van der Waals surface area contributed by atoms with Crippen molar-refractivity contribution in [2.75, 3.05) is 11.2 Å². The van der Waals surface area contributed by atoms with Gasteiger partial charge in [-0.1, -0.05) is 12.1 Å². The average Bonchev–Trinajstić information content (AvgIpc) is 3.15. The molecule has 0 atom stereocenters. The van der Waals surface area contributed by atoms with Crippen molar-refractivity contribution in [3.05, 3.63) is 65.6 Å². The van der Waals surface area contributed by atoms with Crippen LogP contribution in [0.25, 0.3) is 17.1 Å². The van der Waals surface area contributed by atoms with Crippen molar-refractivity contribution in [3.63, 3.8) is 0 Å². The molecular formula is C19H15N3O4S. The quantitative estimate of drug-likeness (QED) is 0.636. The lowest BCUT2D eigenvalue weighted by Crippen LogP contribution is -2.25. The summed E-state index contributed by atoms with van der Waals surface area (Å²) < 4.78 is 24.7. The van der Waals surface area contributed by atoms with Gasteiger partial charge in [-0.15, -0.1) is 0 Å². The number of nitrogens with zero attached hydrogens (tertiary/aromatic N) is 3. The molecule has 0 saturated carbocycles. The van der Waals surface area contributed by atoms with Gasteiger partial charge in [0.2, 0.25) is 21.7 Å². The molecule has 1 aliphatic rings. The highest BCUT2D eigenvalue weighted by molar-refractivity contribution is 7.89. The molecule has 1 aromatic carbocycles. The lowest BCUT2D eigenvalue weighted by molar-refractivity contribution is -0.116. The molecule has 0 unspecified atom stereocenters. The summed E-state index contributed by atoms with van der Waals surface area (Å²) in [4.78, 5) is 30.6. The fourth-order valence-corrected chi connectivity index (χ4v) is 4.01. The molecule has 27 heavy (non-hydrogen) atoms. The predicted octanol–water partition coefficient (Wildman–Crippen LogP) is 2.43. The van der Waals surface area contributed by atoms with Crippen LogP contribution in [0.5, 0.6) is 0 Å². The molecule has 0 spiro atoms. The van der Waals surface area contributed by atoms with Crippen LogP contribution in [0.15, 0.2) is 54.4 Å². The van der Waals surface area contributed by atoms with Crippen molar-refractivity contribution in [2.45, 2.75) is 6.92 Å². The van der Waals surface area contributed by atoms with Crippen molar-refractivity contribution in [1.82, 2.24) is 8.96 Å². The lowest BCUT2D eigenvalue weighted by atomic mass is 10.1. The normalized spacial score (nSPS) is 15.6. The maximum absolute atomic E-state index is 12.7. The first-order chi connectivity index (χ1) is 12.8. The first-order valence-corrected chi connectivity index (χ1v) is 9.97. The number of hydrogen-bond acceptors (Lipinski definition) is 5. The average molecular weight is 381 g/mol. The molecule has 8 heteroatoms. The van der Waals surface area contributed by atoms with E-state index >= 15 is 0 Å². The number of rotatable bonds is 2.